The number of rotatable bonds is 14. The van der Waals surface area contributed by atoms with Crippen LogP contribution in [0.15, 0.2) is 114 Å². The Balaban J connectivity index is 1.21. The molecular formula is C39H39N3O9. The molecule has 0 spiro atoms. The Bertz CT molecular complexity index is 1940. The van der Waals surface area contributed by atoms with Gasteiger partial charge in [0.2, 0.25) is 5.88 Å². The fourth-order valence-corrected chi connectivity index (χ4v) is 6.27. The SMILES string of the molecule is COc1ccc(C(OC[C@H]2O[C@@H](n3cc(C)c(OCCc4ccc([N+](=O)[O-])cc4)nc3=O)C[C@@H]2O)(c2ccccc2)c2ccc(OC)cc2)cc1. The van der Waals surface area contributed by atoms with Crippen LogP contribution in [0, 0.1) is 17.0 Å². The van der Waals surface area contributed by atoms with Crippen LogP contribution >= 0.6 is 0 Å². The molecule has 0 bridgehead atoms. The highest BCUT2D eigenvalue weighted by atomic mass is 16.6. The van der Waals surface area contributed by atoms with E-state index in [-0.39, 0.29) is 31.2 Å². The molecule has 0 aliphatic carbocycles. The van der Waals surface area contributed by atoms with E-state index >= 15 is 0 Å². The van der Waals surface area contributed by atoms with Gasteiger partial charge in [-0.05, 0) is 53.4 Å². The zero-order valence-electron chi connectivity index (χ0n) is 28.5. The molecule has 51 heavy (non-hydrogen) atoms. The predicted molar refractivity (Wildman–Crippen MR) is 188 cm³/mol. The summed E-state index contributed by atoms with van der Waals surface area (Å²) in [5, 5.41) is 22.1. The minimum atomic E-state index is -1.11. The maximum atomic E-state index is 13.2. The molecule has 1 saturated heterocycles. The summed E-state index contributed by atoms with van der Waals surface area (Å²) in [6.07, 6.45) is -0.243. The molecule has 2 heterocycles. The molecule has 6 rings (SSSR count). The first-order chi connectivity index (χ1) is 24.7. The third-order valence-electron chi connectivity index (χ3n) is 9.02. The lowest BCUT2D eigenvalue weighted by Gasteiger charge is -2.37. The van der Waals surface area contributed by atoms with Gasteiger partial charge in [-0.3, -0.25) is 14.7 Å². The first-order valence-corrected chi connectivity index (χ1v) is 16.5. The highest BCUT2D eigenvalue weighted by Crippen LogP contribution is 2.42. The van der Waals surface area contributed by atoms with Gasteiger partial charge >= 0.3 is 5.69 Å². The number of aryl methyl sites for hydroxylation is 1. The lowest BCUT2D eigenvalue weighted by atomic mass is 9.80. The molecular weight excluding hydrogens is 654 g/mol. The Morgan fingerprint density at radius 2 is 1.49 bits per heavy atom. The van der Waals surface area contributed by atoms with Gasteiger partial charge in [0.1, 0.15) is 29.4 Å². The molecule has 1 N–H and O–H groups in total. The van der Waals surface area contributed by atoms with E-state index in [0.717, 1.165) is 22.3 Å². The number of hydrogen-bond acceptors (Lipinski definition) is 10. The Morgan fingerprint density at radius 1 is 0.902 bits per heavy atom. The van der Waals surface area contributed by atoms with Gasteiger partial charge in [-0.1, -0.05) is 66.7 Å². The number of nitrogens with zero attached hydrogens (tertiary/aromatic N) is 3. The van der Waals surface area contributed by atoms with Gasteiger partial charge < -0.3 is 28.8 Å². The molecule has 1 aliphatic rings. The van der Waals surface area contributed by atoms with Crippen LogP contribution in [0.5, 0.6) is 17.4 Å². The lowest BCUT2D eigenvalue weighted by Crippen LogP contribution is -2.38. The molecule has 1 aromatic heterocycles. The number of aliphatic hydroxyl groups excluding tert-OH is 1. The van der Waals surface area contributed by atoms with Crippen LogP contribution in [0.3, 0.4) is 0 Å². The minimum absolute atomic E-state index is 0.00435. The summed E-state index contributed by atoms with van der Waals surface area (Å²) in [5.74, 6) is 1.58. The van der Waals surface area contributed by atoms with E-state index in [9.17, 15) is 20.0 Å². The molecule has 0 amide bonds. The number of aromatic nitrogens is 2. The third-order valence-corrected chi connectivity index (χ3v) is 9.02. The first kappa shape index (κ1) is 35.3. The van der Waals surface area contributed by atoms with Gasteiger partial charge in [-0.2, -0.15) is 4.98 Å². The quantitative estimate of drug-likeness (QED) is 0.0867. The summed E-state index contributed by atoms with van der Waals surface area (Å²) >= 11 is 0. The van der Waals surface area contributed by atoms with E-state index in [0.29, 0.717) is 23.5 Å². The summed E-state index contributed by atoms with van der Waals surface area (Å²) in [7, 11) is 3.23. The Hall–Kier alpha value is -5.56. The lowest BCUT2D eigenvalue weighted by molar-refractivity contribution is -0.384. The van der Waals surface area contributed by atoms with Gasteiger partial charge in [0.25, 0.3) is 5.69 Å². The average Bonchev–Trinajstić information content (AvgIpc) is 3.53. The molecule has 1 fully saturated rings. The molecule has 4 aromatic carbocycles. The van der Waals surface area contributed by atoms with Crippen molar-refractivity contribution in [2.24, 2.45) is 0 Å². The summed E-state index contributed by atoms with van der Waals surface area (Å²) in [6, 6.07) is 31.3. The van der Waals surface area contributed by atoms with E-state index in [1.165, 1.54) is 16.7 Å². The standard InChI is InChI=1S/C39H39N3O9/c1-26-24-41(38(44)40-37(26)49-22-21-27-9-15-31(16-10-27)42(45)46)36-23-34(43)35(51-36)25-50-39(28-7-5-4-6-8-28,29-11-17-32(47-2)18-12-29)30-13-19-33(48-3)20-14-30/h4-20,24,34-36,43H,21-23,25H2,1-3H3/t34-,35+,36+/m0/s1. The van der Waals surface area contributed by atoms with Crippen molar-refractivity contribution in [2.45, 2.75) is 43.8 Å². The van der Waals surface area contributed by atoms with E-state index in [1.54, 1.807) is 39.5 Å². The number of hydrogen-bond donors (Lipinski definition) is 1. The maximum Gasteiger partial charge on any atom is 0.352 e. The second-order valence-electron chi connectivity index (χ2n) is 12.2. The predicted octanol–water partition coefficient (Wildman–Crippen LogP) is 5.76. The molecule has 0 radical (unpaired) electrons. The van der Waals surface area contributed by atoms with Gasteiger partial charge in [0, 0.05) is 36.7 Å². The fraction of sp³-hybridized carbons (Fsp3) is 0.282. The monoisotopic (exact) mass is 693 g/mol. The molecule has 1 aliphatic heterocycles. The second kappa shape index (κ2) is 15.5. The van der Waals surface area contributed by atoms with E-state index in [1.807, 2.05) is 78.9 Å². The number of methoxy groups -OCH3 is 2. The molecule has 5 aromatic rings. The smallest absolute Gasteiger partial charge is 0.352 e. The maximum absolute atomic E-state index is 13.2. The molecule has 3 atom stereocenters. The zero-order valence-corrected chi connectivity index (χ0v) is 28.5. The number of benzene rings is 4. The highest BCUT2D eigenvalue weighted by Gasteiger charge is 2.42. The van der Waals surface area contributed by atoms with Crippen LogP contribution in [0.1, 0.15) is 40.5 Å². The van der Waals surface area contributed by atoms with Crippen molar-refractivity contribution < 1.29 is 33.7 Å². The Kier molecular flexibility index (Phi) is 10.8. The van der Waals surface area contributed by atoms with E-state index < -0.39 is 34.6 Å². The molecule has 12 heteroatoms. The minimum Gasteiger partial charge on any atom is -0.497 e. The van der Waals surface area contributed by atoms with Gasteiger partial charge in [0.15, 0.2) is 0 Å². The summed E-state index contributed by atoms with van der Waals surface area (Å²) < 4.78 is 31.3. The van der Waals surface area contributed by atoms with E-state index in [4.69, 9.17) is 23.7 Å². The third kappa shape index (κ3) is 7.63. The Labute approximate surface area is 294 Å². The van der Waals surface area contributed by atoms with Crippen molar-refractivity contribution in [3.8, 4) is 17.4 Å². The van der Waals surface area contributed by atoms with Crippen molar-refractivity contribution in [3.63, 3.8) is 0 Å². The summed E-state index contributed by atoms with van der Waals surface area (Å²) in [6.45, 7) is 1.99. The van der Waals surface area contributed by atoms with Crippen molar-refractivity contribution in [1.82, 2.24) is 9.55 Å². The van der Waals surface area contributed by atoms with Crippen LogP contribution in [-0.4, -0.2) is 59.2 Å². The topological polar surface area (TPSA) is 144 Å². The second-order valence-corrected chi connectivity index (χ2v) is 12.2. The van der Waals surface area contributed by atoms with Crippen LogP contribution in [0.2, 0.25) is 0 Å². The molecule has 264 valence electrons. The van der Waals surface area contributed by atoms with Crippen molar-refractivity contribution in [1.29, 1.82) is 0 Å². The Morgan fingerprint density at radius 3 is 2.06 bits per heavy atom. The number of aliphatic hydroxyl groups is 1. The van der Waals surface area contributed by atoms with Crippen molar-refractivity contribution >= 4 is 5.69 Å². The van der Waals surface area contributed by atoms with Gasteiger partial charge in [-0.25, -0.2) is 4.79 Å². The summed E-state index contributed by atoms with van der Waals surface area (Å²) in [4.78, 5) is 27.8. The highest BCUT2D eigenvalue weighted by molar-refractivity contribution is 5.49. The van der Waals surface area contributed by atoms with Crippen LogP contribution in [0.4, 0.5) is 5.69 Å². The van der Waals surface area contributed by atoms with Gasteiger partial charge in [-0.15, -0.1) is 0 Å². The zero-order chi connectivity index (χ0) is 36.0. The van der Waals surface area contributed by atoms with E-state index in [2.05, 4.69) is 4.98 Å². The first-order valence-electron chi connectivity index (χ1n) is 16.5. The fourth-order valence-electron chi connectivity index (χ4n) is 6.27. The van der Waals surface area contributed by atoms with Crippen LogP contribution < -0.4 is 19.9 Å². The number of ether oxygens (including phenoxy) is 5. The summed E-state index contributed by atoms with van der Waals surface area (Å²) in [5.41, 5.74) is 2.32. The van der Waals surface area contributed by atoms with Crippen molar-refractivity contribution in [2.75, 3.05) is 27.4 Å². The number of non-ortho nitro benzene ring substituents is 1. The van der Waals surface area contributed by atoms with Crippen LogP contribution in [-0.2, 0) is 21.5 Å². The number of nitro benzene ring substituents is 1. The molecule has 12 nitrogen and oxygen atoms in total. The van der Waals surface area contributed by atoms with Crippen LogP contribution in [0.25, 0.3) is 0 Å². The van der Waals surface area contributed by atoms with Gasteiger partial charge in [0.05, 0.1) is 38.5 Å². The van der Waals surface area contributed by atoms with Crippen molar-refractivity contribution in [3.05, 3.63) is 158 Å². The molecule has 0 saturated carbocycles. The largest absolute Gasteiger partial charge is 0.497 e. The number of nitro groups is 1. The normalized spacial score (nSPS) is 17.2. The molecule has 0 unspecified atom stereocenters. The average molecular weight is 694 g/mol.